The van der Waals surface area contributed by atoms with E-state index in [9.17, 15) is 9.18 Å². The van der Waals surface area contributed by atoms with Crippen molar-refractivity contribution in [1.29, 1.82) is 5.26 Å². The highest BCUT2D eigenvalue weighted by atomic mass is 19.1. The van der Waals surface area contributed by atoms with E-state index in [0.29, 0.717) is 29.8 Å². The first kappa shape index (κ1) is 27.2. The monoisotopic (exact) mass is 470 g/mol. The summed E-state index contributed by atoms with van der Waals surface area (Å²) in [7, 11) is 3.55. The van der Waals surface area contributed by atoms with Crippen LogP contribution in [0.2, 0.25) is 0 Å². The molecule has 3 N–H and O–H groups in total. The van der Waals surface area contributed by atoms with Gasteiger partial charge in [-0.3, -0.25) is 4.79 Å². The topological polar surface area (TPSA) is 107 Å². The summed E-state index contributed by atoms with van der Waals surface area (Å²) in [5.41, 5.74) is 1.36. The first-order valence-corrected chi connectivity index (χ1v) is 11.7. The molecule has 1 heterocycles. The molecule has 34 heavy (non-hydrogen) atoms. The molecule has 8 heteroatoms. The molecule has 1 aromatic heterocycles. The number of aromatic nitrogens is 1. The van der Waals surface area contributed by atoms with Crippen LogP contribution in [0.5, 0.6) is 5.75 Å². The van der Waals surface area contributed by atoms with Gasteiger partial charge in [0.05, 0.1) is 24.8 Å². The zero-order valence-electron chi connectivity index (χ0n) is 20.2. The van der Waals surface area contributed by atoms with Gasteiger partial charge in [-0.1, -0.05) is 12.8 Å². The number of methoxy groups -OCH3 is 1. The van der Waals surface area contributed by atoms with E-state index in [2.05, 4.69) is 21.7 Å². The molecule has 1 aliphatic rings. The number of hydrogen-bond acceptors (Lipinski definition) is 7. The number of aldehydes is 1. The first-order chi connectivity index (χ1) is 16.4. The van der Waals surface area contributed by atoms with Gasteiger partial charge in [0.15, 0.2) is 17.9 Å². The van der Waals surface area contributed by atoms with Crippen LogP contribution >= 0.6 is 0 Å². The van der Waals surface area contributed by atoms with Gasteiger partial charge in [-0.25, -0.2) is 9.37 Å². The number of rotatable bonds is 9. The number of nitrogens with zero attached hydrogens (tertiary/aromatic N) is 2. The summed E-state index contributed by atoms with van der Waals surface area (Å²) in [6, 6.07) is 7.83. The molecule has 1 aromatic carbocycles. The molecule has 0 aliphatic heterocycles. The molecule has 1 atom stereocenters. The van der Waals surface area contributed by atoms with E-state index < -0.39 is 5.82 Å². The molecule has 0 saturated heterocycles. The molecule has 0 bridgehead atoms. The number of carbonyl (C=O) groups is 1. The summed E-state index contributed by atoms with van der Waals surface area (Å²) in [5.74, 6) is 1.70. The first-order valence-electron chi connectivity index (χ1n) is 11.7. The van der Waals surface area contributed by atoms with Crippen molar-refractivity contribution in [2.45, 2.75) is 45.1 Å². The Kier molecular flexibility index (Phi) is 11.4. The van der Waals surface area contributed by atoms with E-state index in [1.54, 1.807) is 25.1 Å². The van der Waals surface area contributed by atoms with E-state index in [-0.39, 0.29) is 17.4 Å². The highest BCUT2D eigenvalue weighted by Crippen LogP contribution is 2.30. The number of nitriles is 1. The molecular weight excluding hydrogens is 435 g/mol. The van der Waals surface area contributed by atoms with Gasteiger partial charge in [0, 0.05) is 23.9 Å². The third kappa shape index (κ3) is 8.08. The van der Waals surface area contributed by atoms with Gasteiger partial charge in [-0.15, -0.1) is 0 Å². The van der Waals surface area contributed by atoms with Crippen molar-refractivity contribution < 1.29 is 19.0 Å². The molecule has 1 saturated carbocycles. The van der Waals surface area contributed by atoms with Crippen LogP contribution in [0.3, 0.4) is 0 Å². The van der Waals surface area contributed by atoms with Crippen molar-refractivity contribution in [3.63, 3.8) is 0 Å². The molecule has 0 radical (unpaired) electrons. The van der Waals surface area contributed by atoms with Gasteiger partial charge in [-0.05, 0) is 75.9 Å². The fraction of sp³-hybridized carbons (Fsp3) is 0.500. The minimum absolute atomic E-state index is 0.0301. The van der Waals surface area contributed by atoms with Crippen LogP contribution in [0, 0.1) is 29.0 Å². The second-order valence-corrected chi connectivity index (χ2v) is 8.61. The van der Waals surface area contributed by atoms with E-state index in [1.807, 2.05) is 7.05 Å². The number of aliphatic hydroxyl groups excluding tert-OH is 1. The summed E-state index contributed by atoms with van der Waals surface area (Å²) in [5, 5.41) is 23.9. The van der Waals surface area contributed by atoms with Gasteiger partial charge >= 0.3 is 0 Å². The Morgan fingerprint density at radius 3 is 2.56 bits per heavy atom. The van der Waals surface area contributed by atoms with Crippen LogP contribution in [-0.4, -0.2) is 43.7 Å². The van der Waals surface area contributed by atoms with Crippen LogP contribution < -0.4 is 15.4 Å². The van der Waals surface area contributed by atoms with Crippen LogP contribution in [-0.2, 0) is 0 Å². The third-order valence-corrected chi connectivity index (χ3v) is 6.17. The van der Waals surface area contributed by atoms with Gasteiger partial charge in [0.25, 0.3) is 0 Å². The Bertz CT molecular complexity index is 942. The molecule has 184 valence electrons. The molecule has 2 aromatic rings. The number of anilines is 1. The zero-order valence-corrected chi connectivity index (χ0v) is 20.2. The fourth-order valence-corrected chi connectivity index (χ4v) is 4.24. The standard InChI is InChI=1S/C16H14FN3O2.C10H21NO/c1-10(13-5-11(7-18)3-4-15(13)22-2)20-16-14(17)6-12(9-21)8-19-16;1-11-8-10-4-2-9(3-5-10)6-7-12/h3-6,8-10H,1-2H3,(H,19,20);9-12H,2-8H2,1H3/t10-;/m0./s1. The molecular formula is C26H35FN4O3. The third-order valence-electron chi connectivity index (χ3n) is 6.17. The summed E-state index contributed by atoms with van der Waals surface area (Å²) in [6.07, 6.45) is 8.19. The summed E-state index contributed by atoms with van der Waals surface area (Å²) in [4.78, 5) is 14.5. The highest BCUT2D eigenvalue weighted by molar-refractivity contribution is 5.74. The number of carbonyl (C=O) groups excluding carboxylic acids is 1. The molecule has 7 nitrogen and oxygen atoms in total. The average Bonchev–Trinajstić information content (AvgIpc) is 2.86. The second kappa shape index (κ2) is 14.3. The SMILES string of the molecule is CNCC1CCC(CCO)CC1.COc1ccc(C#N)cc1[C@H](C)Nc1ncc(C=O)cc1F. The Morgan fingerprint density at radius 1 is 1.29 bits per heavy atom. The number of pyridine rings is 1. The van der Waals surface area contributed by atoms with E-state index in [1.165, 1.54) is 45.5 Å². The highest BCUT2D eigenvalue weighted by Gasteiger charge is 2.19. The van der Waals surface area contributed by atoms with Crippen molar-refractivity contribution in [1.82, 2.24) is 10.3 Å². The van der Waals surface area contributed by atoms with Crippen molar-refractivity contribution in [3.8, 4) is 11.8 Å². The molecule has 0 spiro atoms. The van der Waals surface area contributed by atoms with Gasteiger partial charge in [0.2, 0.25) is 0 Å². The minimum Gasteiger partial charge on any atom is -0.496 e. The number of benzene rings is 1. The van der Waals surface area contributed by atoms with Crippen LogP contribution in [0.15, 0.2) is 30.5 Å². The normalized spacial score (nSPS) is 18.1. The lowest BCUT2D eigenvalue weighted by molar-refractivity contribution is 0.112. The Labute approximate surface area is 201 Å². The van der Waals surface area contributed by atoms with Crippen molar-refractivity contribution >= 4 is 12.1 Å². The van der Waals surface area contributed by atoms with Gasteiger partial charge in [-0.2, -0.15) is 5.26 Å². The summed E-state index contributed by atoms with van der Waals surface area (Å²) < 4.78 is 19.1. The van der Waals surface area contributed by atoms with Crippen molar-refractivity contribution in [2.24, 2.45) is 11.8 Å². The van der Waals surface area contributed by atoms with Crippen LogP contribution in [0.25, 0.3) is 0 Å². The number of hydrogen-bond donors (Lipinski definition) is 3. The molecule has 0 amide bonds. The maximum absolute atomic E-state index is 13.9. The molecule has 1 aliphatic carbocycles. The number of nitrogens with one attached hydrogen (secondary N) is 2. The molecule has 3 rings (SSSR count). The number of ether oxygens (including phenoxy) is 1. The van der Waals surface area contributed by atoms with Crippen molar-refractivity contribution in [2.75, 3.05) is 32.6 Å². The maximum atomic E-state index is 13.9. The van der Waals surface area contributed by atoms with Crippen molar-refractivity contribution in [3.05, 3.63) is 53.0 Å². The number of halogens is 1. The zero-order chi connectivity index (χ0) is 24.9. The predicted molar refractivity (Wildman–Crippen MR) is 130 cm³/mol. The van der Waals surface area contributed by atoms with E-state index >= 15 is 0 Å². The van der Waals surface area contributed by atoms with Crippen LogP contribution in [0.4, 0.5) is 10.2 Å². The molecule has 1 fully saturated rings. The number of aliphatic hydroxyl groups is 1. The lowest BCUT2D eigenvalue weighted by Gasteiger charge is -2.27. The lowest BCUT2D eigenvalue weighted by Crippen LogP contribution is -2.24. The average molecular weight is 471 g/mol. The van der Waals surface area contributed by atoms with Crippen LogP contribution in [0.1, 0.15) is 66.6 Å². The predicted octanol–water partition coefficient (Wildman–Crippen LogP) is 4.48. The van der Waals surface area contributed by atoms with Gasteiger partial charge in [0.1, 0.15) is 5.75 Å². The van der Waals surface area contributed by atoms with Gasteiger partial charge < -0.3 is 20.5 Å². The maximum Gasteiger partial charge on any atom is 0.166 e. The molecule has 0 unspecified atom stereocenters. The lowest BCUT2D eigenvalue weighted by atomic mass is 9.81. The Morgan fingerprint density at radius 2 is 2.00 bits per heavy atom. The largest absolute Gasteiger partial charge is 0.496 e. The smallest absolute Gasteiger partial charge is 0.166 e. The summed E-state index contributed by atoms with van der Waals surface area (Å²) in [6.45, 7) is 3.35. The fourth-order valence-electron chi connectivity index (χ4n) is 4.24. The quantitative estimate of drug-likeness (QED) is 0.464. The minimum atomic E-state index is -0.619. The Balaban J connectivity index is 0.000000287. The summed E-state index contributed by atoms with van der Waals surface area (Å²) >= 11 is 0. The second-order valence-electron chi connectivity index (χ2n) is 8.61. The Hall–Kier alpha value is -3.02. The van der Waals surface area contributed by atoms with E-state index in [4.69, 9.17) is 15.1 Å². The van der Waals surface area contributed by atoms with E-state index in [0.717, 1.165) is 24.3 Å².